The molecular formula is C18H24N2O3. The number of fused-ring (bicyclic) bond motifs is 1. The largest absolute Gasteiger partial charge is 0.396 e. The van der Waals surface area contributed by atoms with Gasteiger partial charge in [0.2, 0.25) is 5.91 Å². The maximum absolute atomic E-state index is 12.3. The van der Waals surface area contributed by atoms with Crippen LogP contribution in [0.4, 0.5) is 0 Å². The van der Waals surface area contributed by atoms with Crippen LogP contribution in [-0.2, 0) is 11.2 Å². The molecule has 1 saturated carbocycles. The van der Waals surface area contributed by atoms with Crippen molar-refractivity contribution in [2.45, 2.75) is 39.0 Å². The Balaban J connectivity index is 1.59. The third-order valence-corrected chi connectivity index (χ3v) is 5.37. The molecule has 1 aromatic heterocycles. The molecule has 0 saturated heterocycles. The number of nitrogens with one attached hydrogen (secondary N) is 1. The second-order valence-corrected chi connectivity index (χ2v) is 6.71. The Bertz CT molecular complexity index is 676. The molecular weight excluding hydrogens is 292 g/mol. The van der Waals surface area contributed by atoms with E-state index in [0.717, 1.165) is 24.6 Å². The number of para-hydroxylation sites is 1. The van der Waals surface area contributed by atoms with Gasteiger partial charge in [-0.15, -0.1) is 0 Å². The Morgan fingerprint density at radius 3 is 2.91 bits per heavy atom. The van der Waals surface area contributed by atoms with Gasteiger partial charge in [0.15, 0.2) is 5.58 Å². The molecule has 23 heavy (non-hydrogen) atoms. The molecule has 1 aliphatic carbocycles. The van der Waals surface area contributed by atoms with Crippen LogP contribution < -0.4 is 5.32 Å². The van der Waals surface area contributed by atoms with E-state index in [-0.39, 0.29) is 24.3 Å². The van der Waals surface area contributed by atoms with Crippen LogP contribution in [0.1, 0.15) is 38.3 Å². The quantitative estimate of drug-likeness (QED) is 0.823. The van der Waals surface area contributed by atoms with Crippen molar-refractivity contribution in [2.75, 3.05) is 13.2 Å². The van der Waals surface area contributed by atoms with E-state index in [1.807, 2.05) is 24.3 Å². The number of carbonyl (C=O) groups is 1. The monoisotopic (exact) mass is 316 g/mol. The summed E-state index contributed by atoms with van der Waals surface area (Å²) in [5.74, 6) is 0.404. The molecule has 1 amide bonds. The predicted molar refractivity (Wildman–Crippen MR) is 87.9 cm³/mol. The molecule has 1 aromatic carbocycles. The molecule has 0 aliphatic heterocycles. The van der Waals surface area contributed by atoms with Gasteiger partial charge in [-0.2, -0.15) is 0 Å². The summed E-state index contributed by atoms with van der Waals surface area (Å²) in [6.45, 7) is 3.07. The summed E-state index contributed by atoms with van der Waals surface area (Å²) in [7, 11) is 0. The Morgan fingerprint density at radius 1 is 1.43 bits per heavy atom. The summed E-state index contributed by atoms with van der Waals surface area (Å²) in [5.41, 5.74) is 1.55. The van der Waals surface area contributed by atoms with Crippen molar-refractivity contribution in [2.24, 2.45) is 11.3 Å². The van der Waals surface area contributed by atoms with Crippen LogP contribution in [0.25, 0.3) is 11.0 Å². The Labute approximate surface area is 136 Å². The standard InChI is InChI=1S/C18H24N2O3/c1-13(7-10-21)18(8-4-9-18)12-19-17(22)11-15-14-5-2-3-6-16(14)23-20-15/h2-3,5-6,13,21H,4,7-12H2,1H3,(H,19,22)/t13-/m1/s1. The van der Waals surface area contributed by atoms with Crippen LogP contribution >= 0.6 is 0 Å². The van der Waals surface area contributed by atoms with E-state index in [1.165, 1.54) is 6.42 Å². The first kappa shape index (κ1) is 16.0. The lowest BCUT2D eigenvalue weighted by atomic mass is 9.60. The van der Waals surface area contributed by atoms with Gasteiger partial charge in [0, 0.05) is 18.5 Å². The Kier molecular flexibility index (Phi) is 4.66. The van der Waals surface area contributed by atoms with Gasteiger partial charge in [-0.3, -0.25) is 4.79 Å². The van der Waals surface area contributed by atoms with Gasteiger partial charge >= 0.3 is 0 Å². The van der Waals surface area contributed by atoms with Crippen molar-refractivity contribution in [3.63, 3.8) is 0 Å². The molecule has 0 radical (unpaired) electrons. The van der Waals surface area contributed by atoms with E-state index < -0.39 is 0 Å². The normalized spacial score (nSPS) is 17.7. The highest BCUT2D eigenvalue weighted by Crippen LogP contribution is 2.47. The van der Waals surface area contributed by atoms with Crippen molar-refractivity contribution in [1.29, 1.82) is 0 Å². The molecule has 0 bridgehead atoms. The maximum Gasteiger partial charge on any atom is 0.226 e. The molecule has 0 spiro atoms. The molecule has 2 N–H and O–H groups in total. The minimum Gasteiger partial charge on any atom is -0.396 e. The van der Waals surface area contributed by atoms with E-state index in [0.29, 0.717) is 23.7 Å². The van der Waals surface area contributed by atoms with Crippen LogP contribution in [0.5, 0.6) is 0 Å². The van der Waals surface area contributed by atoms with Crippen molar-refractivity contribution in [3.8, 4) is 0 Å². The van der Waals surface area contributed by atoms with Crippen LogP contribution in [0.15, 0.2) is 28.8 Å². The minimum absolute atomic E-state index is 0.0217. The van der Waals surface area contributed by atoms with Crippen molar-refractivity contribution >= 4 is 16.9 Å². The summed E-state index contributed by atoms with van der Waals surface area (Å²) < 4.78 is 5.24. The van der Waals surface area contributed by atoms with E-state index in [4.69, 9.17) is 9.63 Å². The van der Waals surface area contributed by atoms with Crippen LogP contribution in [0.3, 0.4) is 0 Å². The predicted octanol–water partition coefficient (Wildman–Crippen LogP) is 2.68. The third-order valence-electron chi connectivity index (χ3n) is 5.37. The average Bonchev–Trinajstić information content (AvgIpc) is 2.90. The molecule has 2 aromatic rings. The lowest BCUT2D eigenvalue weighted by molar-refractivity contribution is -0.121. The zero-order chi connectivity index (χ0) is 16.3. The fraction of sp³-hybridized carbons (Fsp3) is 0.556. The van der Waals surface area contributed by atoms with Crippen molar-refractivity contribution in [3.05, 3.63) is 30.0 Å². The minimum atomic E-state index is -0.0217. The lowest BCUT2D eigenvalue weighted by Crippen LogP contribution is -2.46. The number of aliphatic hydroxyl groups is 1. The molecule has 1 heterocycles. The van der Waals surface area contributed by atoms with Gasteiger partial charge < -0.3 is 14.9 Å². The average molecular weight is 316 g/mol. The maximum atomic E-state index is 12.3. The van der Waals surface area contributed by atoms with Gasteiger partial charge in [0.1, 0.15) is 5.69 Å². The highest BCUT2D eigenvalue weighted by molar-refractivity contribution is 5.86. The fourth-order valence-electron chi connectivity index (χ4n) is 3.53. The number of aromatic nitrogens is 1. The number of benzene rings is 1. The zero-order valence-electron chi connectivity index (χ0n) is 13.5. The first-order chi connectivity index (χ1) is 11.1. The molecule has 1 aliphatic rings. The topological polar surface area (TPSA) is 75.4 Å². The molecule has 0 unspecified atom stereocenters. The Morgan fingerprint density at radius 2 is 2.22 bits per heavy atom. The fourth-order valence-corrected chi connectivity index (χ4v) is 3.53. The Hall–Kier alpha value is -1.88. The smallest absolute Gasteiger partial charge is 0.226 e. The van der Waals surface area contributed by atoms with Gasteiger partial charge in [0.05, 0.1) is 6.42 Å². The summed E-state index contributed by atoms with van der Waals surface area (Å²) in [4.78, 5) is 12.3. The molecule has 5 nitrogen and oxygen atoms in total. The SMILES string of the molecule is C[C@H](CCO)C1(CNC(=O)Cc2noc3ccccc23)CCC1. The summed E-state index contributed by atoms with van der Waals surface area (Å²) in [6, 6.07) is 7.58. The van der Waals surface area contributed by atoms with Crippen LogP contribution in [-0.4, -0.2) is 29.3 Å². The number of hydrogen-bond donors (Lipinski definition) is 2. The van der Waals surface area contributed by atoms with Crippen molar-refractivity contribution in [1.82, 2.24) is 10.5 Å². The van der Waals surface area contributed by atoms with Crippen LogP contribution in [0.2, 0.25) is 0 Å². The first-order valence-corrected chi connectivity index (χ1v) is 8.35. The molecule has 1 atom stereocenters. The summed E-state index contributed by atoms with van der Waals surface area (Å²) in [5, 5.41) is 17.1. The highest BCUT2D eigenvalue weighted by Gasteiger charge is 2.41. The molecule has 5 heteroatoms. The van der Waals surface area contributed by atoms with Crippen LogP contribution in [0, 0.1) is 11.3 Å². The molecule has 1 fully saturated rings. The van der Waals surface area contributed by atoms with Gasteiger partial charge in [-0.1, -0.05) is 30.6 Å². The highest BCUT2D eigenvalue weighted by atomic mass is 16.5. The zero-order valence-corrected chi connectivity index (χ0v) is 13.5. The second kappa shape index (κ2) is 6.71. The van der Waals surface area contributed by atoms with E-state index in [1.54, 1.807) is 0 Å². The first-order valence-electron chi connectivity index (χ1n) is 8.35. The number of amides is 1. The molecule has 124 valence electrons. The van der Waals surface area contributed by atoms with Gasteiger partial charge in [-0.25, -0.2) is 0 Å². The van der Waals surface area contributed by atoms with Crippen molar-refractivity contribution < 1.29 is 14.4 Å². The molecule has 3 rings (SSSR count). The van der Waals surface area contributed by atoms with Gasteiger partial charge in [-0.05, 0) is 42.7 Å². The lowest BCUT2D eigenvalue weighted by Gasteiger charge is -2.47. The number of rotatable bonds is 7. The van der Waals surface area contributed by atoms with E-state index in [2.05, 4.69) is 17.4 Å². The van der Waals surface area contributed by atoms with E-state index in [9.17, 15) is 4.79 Å². The third kappa shape index (κ3) is 3.24. The number of nitrogens with zero attached hydrogens (tertiary/aromatic N) is 1. The summed E-state index contributed by atoms with van der Waals surface area (Å²) >= 11 is 0. The van der Waals surface area contributed by atoms with E-state index >= 15 is 0 Å². The number of aliphatic hydroxyl groups excluding tert-OH is 1. The number of carbonyl (C=O) groups excluding carboxylic acids is 1. The second-order valence-electron chi connectivity index (χ2n) is 6.71. The summed E-state index contributed by atoms with van der Waals surface area (Å²) in [6.07, 6.45) is 4.49. The number of hydrogen-bond acceptors (Lipinski definition) is 4. The van der Waals surface area contributed by atoms with Gasteiger partial charge in [0.25, 0.3) is 0 Å².